The van der Waals surface area contributed by atoms with E-state index in [2.05, 4.69) is 29.0 Å². The van der Waals surface area contributed by atoms with Gasteiger partial charge in [-0.25, -0.2) is 0 Å². The van der Waals surface area contributed by atoms with E-state index in [4.69, 9.17) is 0 Å². The SMILES string of the molecule is O=C1Nc2ccccc2/C1=C/C1=CCC(C2CC=CS2)S1. The maximum atomic E-state index is 12.1. The molecule has 1 N–H and O–H groups in total. The Balaban J connectivity index is 1.54. The van der Waals surface area contributed by atoms with E-state index in [1.807, 2.05) is 47.8 Å². The first-order valence-corrected chi connectivity index (χ1v) is 8.93. The van der Waals surface area contributed by atoms with Crippen LogP contribution in [0.2, 0.25) is 0 Å². The van der Waals surface area contributed by atoms with Crippen molar-refractivity contribution in [3.05, 3.63) is 58.4 Å². The standard InChI is InChI=1S/C17H15NOS2/c19-17-13(12-4-1-2-5-14(12)18-17)10-11-7-8-16(21-11)15-6-3-9-20-15/h1-5,7,9-10,15-16H,6,8H2,(H,18,19)/b13-10-. The summed E-state index contributed by atoms with van der Waals surface area (Å²) in [5, 5.41) is 6.46. The van der Waals surface area contributed by atoms with Crippen molar-refractivity contribution in [2.75, 3.05) is 5.32 Å². The molecule has 3 heterocycles. The van der Waals surface area contributed by atoms with E-state index >= 15 is 0 Å². The zero-order chi connectivity index (χ0) is 14.2. The lowest BCUT2D eigenvalue weighted by molar-refractivity contribution is -0.110. The quantitative estimate of drug-likeness (QED) is 0.819. The maximum absolute atomic E-state index is 12.1. The Labute approximate surface area is 132 Å². The zero-order valence-corrected chi connectivity index (χ0v) is 13.0. The Morgan fingerprint density at radius 2 is 2.10 bits per heavy atom. The molecule has 3 aliphatic rings. The smallest absolute Gasteiger partial charge is 0.256 e. The molecule has 0 bridgehead atoms. The third kappa shape index (κ3) is 2.47. The molecule has 2 unspecified atom stereocenters. The van der Waals surface area contributed by atoms with Gasteiger partial charge in [-0.1, -0.05) is 30.4 Å². The summed E-state index contributed by atoms with van der Waals surface area (Å²) >= 11 is 3.85. The van der Waals surface area contributed by atoms with Crippen LogP contribution in [0.3, 0.4) is 0 Å². The van der Waals surface area contributed by atoms with Crippen molar-refractivity contribution in [2.45, 2.75) is 23.3 Å². The first kappa shape index (κ1) is 13.3. The highest BCUT2D eigenvalue weighted by Gasteiger charge is 2.29. The van der Waals surface area contributed by atoms with Gasteiger partial charge in [-0.2, -0.15) is 0 Å². The van der Waals surface area contributed by atoms with Gasteiger partial charge in [0.1, 0.15) is 0 Å². The average molecular weight is 313 g/mol. The molecule has 0 aliphatic carbocycles. The van der Waals surface area contributed by atoms with E-state index in [0.717, 1.165) is 23.2 Å². The van der Waals surface area contributed by atoms with Crippen molar-refractivity contribution in [3.8, 4) is 0 Å². The third-order valence-electron chi connectivity index (χ3n) is 3.97. The molecule has 2 nitrogen and oxygen atoms in total. The Kier molecular flexibility index (Phi) is 3.43. The van der Waals surface area contributed by atoms with Gasteiger partial charge in [0.15, 0.2) is 0 Å². The summed E-state index contributed by atoms with van der Waals surface area (Å²) in [6, 6.07) is 7.89. The average Bonchev–Trinajstić information content (AvgIpc) is 3.20. The van der Waals surface area contributed by atoms with Gasteiger partial charge in [-0.3, -0.25) is 4.79 Å². The number of para-hydroxylation sites is 1. The predicted molar refractivity (Wildman–Crippen MR) is 92.3 cm³/mol. The van der Waals surface area contributed by atoms with Crippen LogP contribution >= 0.6 is 23.5 Å². The molecule has 1 aromatic rings. The Morgan fingerprint density at radius 3 is 2.95 bits per heavy atom. The Morgan fingerprint density at radius 1 is 1.19 bits per heavy atom. The van der Waals surface area contributed by atoms with Gasteiger partial charge in [-0.05, 0) is 30.4 Å². The van der Waals surface area contributed by atoms with Gasteiger partial charge < -0.3 is 5.32 Å². The number of allylic oxidation sites excluding steroid dienone is 3. The molecular formula is C17H15NOS2. The van der Waals surface area contributed by atoms with Crippen LogP contribution in [0.5, 0.6) is 0 Å². The molecule has 4 heteroatoms. The lowest BCUT2D eigenvalue weighted by atomic mass is 10.1. The van der Waals surface area contributed by atoms with Crippen LogP contribution in [0.15, 0.2) is 52.8 Å². The van der Waals surface area contributed by atoms with E-state index < -0.39 is 0 Å². The molecule has 1 amide bonds. The molecule has 21 heavy (non-hydrogen) atoms. The minimum absolute atomic E-state index is 0.0121. The minimum atomic E-state index is 0.0121. The highest BCUT2D eigenvalue weighted by atomic mass is 32.2. The highest BCUT2D eigenvalue weighted by molar-refractivity contribution is 8.07. The lowest BCUT2D eigenvalue weighted by Crippen LogP contribution is -2.13. The molecule has 106 valence electrons. The fraction of sp³-hybridized carbons (Fsp3) is 0.235. The lowest BCUT2D eigenvalue weighted by Gasteiger charge is -2.16. The summed E-state index contributed by atoms with van der Waals surface area (Å²) < 4.78 is 0. The van der Waals surface area contributed by atoms with Gasteiger partial charge in [0.2, 0.25) is 0 Å². The van der Waals surface area contributed by atoms with Crippen LogP contribution in [0, 0.1) is 0 Å². The summed E-state index contributed by atoms with van der Waals surface area (Å²) in [5.41, 5.74) is 2.73. The van der Waals surface area contributed by atoms with Crippen LogP contribution in [-0.4, -0.2) is 16.4 Å². The maximum Gasteiger partial charge on any atom is 0.256 e. The van der Waals surface area contributed by atoms with Gasteiger partial charge in [-0.15, -0.1) is 23.5 Å². The van der Waals surface area contributed by atoms with Crippen molar-refractivity contribution < 1.29 is 4.79 Å². The van der Waals surface area contributed by atoms with Gasteiger partial charge in [0, 0.05) is 26.7 Å². The highest BCUT2D eigenvalue weighted by Crippen LogP contribution is 2.44. The fourth-order valence-electron chi connectivity index (χ4n) is 2.89. The molecule has 0 fully saturated rings. The fourth-order valence-corrected chi connectivity index (χ4v) is 5.36. The first-order valence-electron chi connectivity index (χ1n) is 7.11. The Bertz CT molecular complexity index is 682. The van der Waals surface area contributed by atoms with Crippen LogP contribution in [0.25, 0.3) is 5.57 Å². The molecule has 1 aromatic carbocycles. The van der Waals surface area contributed by atoms with Crippen LogP contribution in [0.4, 0.5) is 5.69 Å². The number of anilines is 1. The second kappa shape index (κ2) is 5.43. The molecule has 3 aliphatic heterocycles. The largest absolute Gasteiger partial charge is 0.321 e. The second-order valence-electron chi connectivity index (χ2n) is 5.34. The van der Waals surface area contributed by atoms with Crippen LogP contribution in [-0.2, 0) is 4.79 Å². The van der Waals surface area contributed by atoms with E-state index in [1.54, 1.807) is 0 Å². The topological polar surface area (TPSA) is 29.1 Å². The molecular weight excluding hydrogens is 298 g/mol. The molecule has 0 saturated carbocycles. The van der Waals surface area contributed by atoms with Crippen molar-refractivity contribution in [2.24, 2.45) is 0 Å². The van der Waals surface area contributed by atoms with Gasteiger partial charge in [0.25, 0.3) is 5.91 Å². The summed E-state index contributed by atoms with van der Waals surface area (Å²) in [6.07, 6.45) is 8.86. The molecule has 4 rings (SSSR count). The molecule has 0 aromatic heterocycles. The summed E-state index contributed by atoms with van der Waals surface area (Å²) in [5.74, 6) is 0.0121. The number of benzene rings is 1. The number of carbonyl (C=O) groups is 1. The number of hydrogen-bond acceptors (Lipinski definition) is 3. The van der Waals surface area contributed by atoms with Crippen molar-refractivity contribution in [1.29, 1.82) is 0 Å². The molecule has 0 saturated heterocycles. The number of carbonyl (C=O) groups excluding carboxylic acids is 1. The van der Waals surface area contributed by atoms with Gasteiger partial charge in [0.05, 0.1) is 5.57 Å². The van der Waals surface area contributed by atoms with Gasteiger partial charge >= 0.3 is 0 Å². The monoisotopic (exact) mass is 313 g/mol. The zero-order valence-electron chi connectivity index (χ0n) is 11.4. The number of hydrogen-bond donors (Lipinski definition) is 1. The molecule has 0 radical (unpaired) electrons. The second-order valence-corrected chi connectivity index (χ2v) is 7.80. The normalized spacial score (nSPS) is 28.9. The van der Waals surface area contributed by atoms with Crippen LogP contribution in [0.1, 0.15) is 18.4 Å². The number of amides is 1. The number of nitrogens with one attached hydrogen (secondary N) is 1. The van der Waals surface area contributed by atoms with Crippen molar-refractivity contribution >= 4 is 40.7 Å². The molecule has 0 spiro atoms. The first-order chi connectivity index (χ1) is 10.3. The van der Waals surface area contributed by atoms with E-state index in [-0.39, 0.29) is 5.91 Å². The third-order valence-corrected chi connectivity index (χ3v) is 6.74. The number of thioether (sulfide) groups is 2. The van der Waals surface area contributed by atoms with E-state index in [1.165, 1.54) is 11.3 Å². The van der Waals surface area contributed by atoms with E-state index in [9.17, 15) is 4.79 Å². The Hall–Kier alpha value is -1.39. The number of fused-ring (bicyclic) bond motifs is 1. The van der Waals surface area contributed by atoms with Crippen LogP contribution < -0.4 is 5.32 Å². The van der Waals surface area contributed by atoms with Crippen molar-refractivity contribution in [1.82, 2.24) is 0 Å². The predicted octanol–water partition coefficient (Wildman–Crippen LogP) is 4.43. The summed E-state index contributed by atoms with van der Waals surface area (Å²) in [4.78, 5) is 13.4. The minimum Gasteiger partial charge on any atom is -0.321 e. The number of rotatable bonds is 2. The van der Waals surface area contributed by atoms with E-state index in [0.29, 0.717) is 10.5 Å². The molecule has 2 atom stereocenters. The summed E-state index contributed by atoms with van der Waals surface area (Å²) in [7, 11) is 0. The van der Waals surface area contributed by atoms with Crippen molar-refractivity contribution in [3.63, 3.8) is 0 Å². The summed E-state index contributed by atoms with van der Waals surface area (Å²) in [6.45, 7) is 0.